The Labute approximate surface area is 264 Å². The van der Waals surface area contributed by atoms with Gasteiger partial charge in [0, 0.05) is 19.8 Å². The molecule has 1 saturated heterocycles. The van der Waals surface area contributed by atoms with Gasteiger partial charge in [-0.2, -0.15) is 0 Å². The summed E-state index contributed by atoms with van der Waals surface area (Å²) in [6, 6.07) is -0.595. The number of aliphatic hydroxyl groups excluding tert-OH is 1. The molecule has 0 aromatic heterocycles. The SMILES string of the molecule is C=CCOC1OC(CO)C(OCCCC)C(OCCCC)C1NC(=O)C[C@@H](CCCCCCCCCCC)OCCCC. The van der Waals surface area contributed by atoms with Gasteiger partial charge < -0.3 is 34.1 Å². The molecule has 5 unspecified atom stereocenters. The molecule has 0 bridgehead atoms. The molecule has 0 aromatic carbocycles. The highest BCUT2D eigenvalue weighted by atomic mass is 16.7. The Morgan fingerprint density at radius 1 is 0.791 bits per heavy atom. The Hall–Kier alpha value is -1.03. The molecular weight excluding hydrogens is 546 g/mol. The molecule has 0 radical (unpaired) electrons. The average Bonchev–Trinajstić information content (AvgIpc) is 3.00. The van der Waals surface area contributed by atoms with Crippen LogP contribution in [0.4, 0.5) is 0 Å². The standard InChI is InChI=1S/C35H67NO7/c1-6-11-15-16-17-18-19-20-21-22-29(39-24-12-7-2)27-31(38)36-32-34(41-26-14-9-4)33(40-25-13-8-3)30(28-37)43-35(32)42-23-10-5/h10,29-30,32-35,37H,5-9,11-28H2,1-4H3,(H,36,38)/t29-,30?,32?,33?,34?,35?/m1/s1. The third kappa shape index (κ3) is 17.9. The second-order valence-corrected chi connectivity index (χ2v) is 12.0. The fourth-order valence-corrected chi connectivity index (χ4v) is 5.41. The van der Waals surface area contributed by atoms with Gasteiger partial charge in [0.05, 0.1) is 25.7 Å². The Morgan fingerprint density at radius 3 is 1.93 bits per heavy atom. The second-order valence-electron chi connectivity index (χ2n) is 12.0. The van der Waals surface area contributed by atoms with E-state index in [4.69, 9.17) is 23.7 Å². The molecule has 1 heterocycles. The first-order valence-electron chi connectivity index (χ1n) is 17.7. The van der Waals surface area contributed by atoms with Crippen LogP contribution < -0.4 is 5.32 Å². The molecule has 8 heteroatoms. The van der Waals surface area contributed by atoms with Crippen LogP contribution >= 0.6 is 0 Å². The third-order valence-electron chi connectivity index (χ3n) is 8.04. The molecule has 1 amide bonds. The van der Waals surface area contributed by atoms with Crippen LogP contribution in [0.2, 0.25) is 0 Å². The molecule has 0 aliphatic carbocycles. The number of carbonyl (C=O) groups excluding carboxylic acids is 1. The number of rotatable bonds is 29. The number of hydrogen-bond acceptors (Lipinski definition) is 7. The number of amides is 1. The molecule has 1 aliphatic heterocycles. The summed E-state index contributed by atoms with van der Waals surface area (Å²) in [4.78, 5) is 13.6. The first-order valence-corrected chi connectivity index (χ1v) is 17.7. The number of unbranched alkanes of at least 4 members (excludes halogenated alkanes) is 11. The van der Waals surface area contributed by atoms with E-state index in [2.05, 4.69) is 39.6 Å². The van der Waals surface area contributed by atoms with Gasteiger partial charge in [-0.3, -0.25) is 4.79 Å². The van der Waals surface area contributed by atoms with Crippen molar-refractivity contribution >= 4 is 5.91 Å². The number of nitrogens with one attached hydrogen (secondary N) is 1. The Kier molecular flexibility index (Phi) is 25.4. The number of carbonyl (C=O) groups is 1. The number of ether oxygens (including phenoxy) is 5. The van der Waals surface area contributed by atoms with E-state index in [1.54, 1.807) is 6.08 Å². The summed E-state index contributed by atoms with van der Waals surface area (Å²) in [7, 11) is 0. The van der Waals surface area contributed by atoms with Crippen LogP contribution in [-0.4, -0.2) is 80.8 Å². The van der Waals surface area contributed by atoms with Crippen LogP contribution in [0, 0.1) is 0 Å². The summed E-state index contributed by atoms with van der Waals surface area (Å²) in [5, 5.41) is 13.4. The summed E-state index contributed by atoms with van der Waals surface area (Å²) in [5.41, 5.74) is 0. The second kappa shape index (κ2) is 27.3. The lowest BCUT2D eigenvalue weighted by atomic mass is 9.95. The lowest BCUT2D eigenvalue weighted by molar-refractivity contribution is -0.282. The van der Waals surface area contributed by atoms with Crippen molar-refractivity contribution in [1.29, 1.82) is 0 Å². The van der Waals surface area contributed by atoms with Crippen molar-refractivity contribution in [2.45, 2.75) is 174 Å². The van der Waals surface area contributed by atoms with Crippen molar-refractivity contribution in [3.8, 4) is 0 Å². The monoisotopic (exact) mass is 613 g/mol. The first kappa shape index (κ1) is 40.0. The zero-order valence-corrected chi connectivity index (χ0v) is 28.2. The van der Waals surface area contributed by atoms with E-state index >= 15 is 0 Å². The molecule has 1 rings (SSSR count). The zero-order valence-electron chi connectivity index (χ0n) is 28.2. The van der Waals surface area contributed by atoms with Gasteiger partial charge in [-0.15, -0.1) is 6.58 Å². The molecule has 2 N–H and O–H groups in total. The van der Waals surface area contributed by atoms with E-state index in [0.29, 0.717) is 19.8 Å². The highest BCUT2D eigenvalue weighted by Gasteiger charge is 2.48. The van der Waals surface area contributed by atoms with Gasteiger partial charge in [0.25, 0.3) is 0 Å². The van der Waals surface area contributed by atoms with E-state index in [1.165, 1.54) is 51.4 Å². The fourth-order valence-electron chi connectivity index (χ4n) is 5.41. The molecule has 43 heavy (non-hydrogen) atoms. The molecule has 8 nitrogen and oxygen atoms in total. The maximum Gasteiger partial charge on any atom is 0.223 e. The molecule has 0 aromatic rings. The van der Waals surface area contributed by atoms with Crippen LogP contribution in [-0.2, 0) is 28.5 Å². The highest BCUT2D eigenvalue weighted by Crippen LogP contribution is 2.28. The minimum absolute atomic E-state index is 0.114. The maximum absolute atomic E-state index is 13.6. The predicted molar refractivity (Wildman–Crippen MR) is 174 cm³/mol. The summed E-state index contributed by atoms with van der Waals surface area (Å²) in [6.45, 7) is 14.1. The minimum Gasteiger partial charge on any atom is -0.394 e. The molecule has 6 atom stereocenters. The average molecular weight is 614 g/mol. The van der Waals surface area contributed by atoms with Gasteiger partial charge in [-0.25, -0.2) is 0 Å². The van der Waals surface area contributed by atoms with Crippen molar-refractivity contribution < 1.29 is 33.6 Å². The van der Waals surface area contributed by atoms with Crippen molar-refractivity contribution in [2.75, 3.05) is 33.0 Å². The van der Waals surface area contributed by atoms with Crippen LogP contribution in [0.1, 0.15) is 137 Å². The first-order chi connectivity index (χ1) is 21.1. The van der Waals surface area contributed by atoms with E-state index in [-0.39, 0.29) is 31.6 Å². The smallest absolute Gasteiger partial charge is 0.223 e. The van der Waals surface area contributed by atoms with Crippen molar-refractivity contribution in [3.05, 3.63) is 12.7 Å². The van der Waals surface area contributed by atoms with Crippen LogP contribution in [0.5, 0.6) is 0 Å². The summed E-state index contributed by atoms with van der Waals surface area (Å²) < 4.78 is 31.0. The van der Waals surface area contributed by atoms with Gasteiger partial charge in [-0.05, 0) is 25.7 Å². The quantitative estimate of drug-likeness (QED) is 0.0677. The largest absolute Gasteiger partial charge is 0.394 e. The normalized spacial score (nSPS) is 22.9. The Morgan fingerprint density at radius 2 is 1.35 bits per heavy atom. The summed E-state index contributed by atoms with van der Waals surface area (Å²) in [5.74, 6) is -0.114. The molecule has 0 spiro atoms. The molecule has 0 saturated carbocycles. The highest BCUT2D eigenvalue weighted by molar-refractivity contribution is 5.77. The predicted octanol–water partition coefficient (Wildman–Crippen LogP) is 7.26. The molecular formula is C35H67NO7. The van der Waals surface area contributed by atoms with Gasteiger partial charge in [0.15, 0.2) is 6.29 Å². The molecule has 254 valence electrons. The van der Waals surface area contributed by atoms with Gasteiger partial charge in [-0.1, -0.05) is 111 Å². The fraction of sp³-hybridized carbons (Fsp3) is 0.914. The van der Waals surface area contributed by atoms with Gasteiger partial charge in [0.2, 0.25) is 5.91 Å². The lowest BCUT2D eigenvalue weighted by Crippen LogP contribution is -2.66. The summed E-state index contributed by atoms with van der Waals surface area (Å²) in [6.07, 6.45) is 17.4. The topological polar surface area (TPSA) is 95.5 Å². The Bertz CT molecular complexity index is 664. The van der Waals surface area contributed by atoms with E-state index in [0.717, 1.165) is 51.4 Å². The van der Waals surface area contributed by atoms with Crippen LogP contribution in [0.25, 0.3) is 0 Å². The van der Waals surface area contributed by atoms with Crippen molar-refractivity contribution in [3.63, 3.8) is 0 Å². The van der Waals surface area contributed by atoms with Crippen LogP contribution in [0.15, 0.2) is 12.7 Å². The number of aliphatic hydroxyl groups is 1. The lowest BCUT2D eigenvalue weighted by Gasteiger charge is -2.46. The third-order valence-corrected chi connectivity index (χ3v) is 8.04. The van der Waals surface area contributed by atoms with Gasteiger partial charge >= 0.3 is 0 Å². The van der Waals surface area contributed by atoms with Crippen LogP contribution in [0.3, 0.4) is 0 Å². The molecule has 1 aliphatic rings. The van der Waals surface area contributed by atoms with Crippen molar-refractivity contribution in [2.24, 2.45) is 0 Å². The van der Waals surface area contributed by atoms with E-state index < -0.39 is 30.6 Å². The van der Waals surface area contributed by atoms with E-state index in [9.17, 15) is 9.90 Å². The summed E-state index contributed by atoms with van der Waals surface area (Å²) >= 11 is 0. The Balaban J connectivity index is 2.91. The number of hydrogen-bond donors (Lipinski definition) is 2. The van der Waals surface area contributed by atoms with Crippen molar-refractivity contribution in [1.82, 2.24) is 5.32 Å². The van der Waals surface area contributed by atoms with Gasteiger partial charge in [0.1, 0.15) is 24.4 Å². The minimum atomic E-state index is -0.798. The molecule has 1 fully saturated rings. The maximum atomic E-state index is 13.6. The van der Waals surface area contributed by atoms with E-state index in [1.807, 2.05) is 0 Å². The zero-order chi connectivity index (χ0) is 31.5.